The van der Waals surface area contributed by atoms with Crippen LogP contribution in [0.4, 0.5) is 4.39 Å². The molecule has 0 radical (unpaired) electrons. The summed E-state index contributed by atoms with van der Waals surface area (Å²) in [6, 6.07) is 1.89. The van der Waals surface area contributed by atoms with Crippen LogP contribution in [0.15, 0.2) is 18.3 Å². The van der Waals surface area contributed by atoms with Crippen LogP contribution in [0.1, 0.15) is 18.7 Å². The van der Waals surface area contributed by atoms with Crippen LogP contribution < -0.4 is 5.73 Å². The highest BCUT2D eigenvalue weighted by atomic mass is 19.1. The van der Waals surface area contributed by atoms with E-state index in [1.54, 1.807) is 0 Å². The summed E-state index contributed by atoms with van der Waals surface area (Å²) in [5.41, 5.74) is 5.85. The van der Waals surface area contributed by atoms with Crippen LogP contribution in [0, 0.1) is 5.82 Å². The lowest BCUT2D eigenvalue weighted by Crippen LogP contribution is -2.19. The van der Waals surface area contributed by atoms with Crippen molar-refractivity contribution in [1.29, 1.82) is 0 Å². The number of ketones is 1. The Morgan fingerprint density at radius 2 is 2.33 bits per heavy atom. The Morgan fingerprint density at radius 3 is 2.75 bits per heavy atom. The molecule has 0 saturated carbocycles. The van der Waals surface area contributed by atoms with E-state index in [4.69, 9.17) is 5.73 Å². The zero-order valence-corrected chi connectivity index (χ0v) is 6.62. The number of hydrogen-bond acceptors (Lipinski definition) is 3. The van der Waals surface area contributed by atoms with Gasteiger partial charge in [-0.15, -0.1) is 0 Å². The first kappa shape index (κ1) is 8.80. The number of aromatic nitrogens is 1. The lowest BCUT2D eigenvalue weighted by atomic mass is 10.1. The zero-order chi connectivity index (χ0) is 9.14. The zero-order valence-electron chi connectivity index (χ0n) is 6.62. The molecule has 12 heavy (non-hydrogen) atoms. The molecular formula is C8H9FN2O. The van der Waals surface area contributed by atoms with Gasteiger partial charge in [-0.3, -0.25) is 9.78 Å². The number of hydrogen-bond donors (Lipinski definition) is 1. The molecule has 0 aromatic carbocycles. The van der Waals surface area contributed by atoms with Crippen LogP contribution in [0.2, 0.25) is 0 Å². The molecule has 1 heterocycles. The minimum Gasteiger partial charge on any atom is -0.317 e. The molecule has 0 aliphatic heterocycles. The molecule has 1 unspecified atom stereocenters. The van der Waals surface area contributed by atoms with Crippen LogP contribution in [0.5, 0.6) is 0 Å². The number of nitrogens with two attached hydrogens (primary N) is 1. The molecule has 0 amide bonds. The van der Waals surface area contributed by atoms with Crippen molar-refractivity contribution in [2.75, 3.05) is 0 Å². The number of Topliss-reactive ketones (excluding diaryl/α,β-unsaturated/α-hetero) is 1. The van der Waals surface area contributed by atoms with Crippen molar-refractivity contribution < 1.29 is 9.18 Å². The second-order valence-electron chi connectivity index (χ2n) is 2.49. The van der Waals surface area contributed by atoms with Gasteiger partial charge >= 0.3 is 0 Å². The summed E-state index contributed by atoms with van der Waals surface area (Å²) in [5, 5.41) is 0. The van der Waals surface area contributed by atoms with Gasteiger partial charge in [-0.25, -0.2) is 4.39 Å². The minimum atomic E-state index is -0.745. The summed E-state index contributed by atoms with van der Waals surface area (Å²) in [6.07, 6.45) is 1.04. The fraction of sp³-hybridized carbons (Fsp3) is 0.250. The van der Waals surface area contributed by atoms with Crippen LogP contribution in [-0.2, 0) is 4.79 Å². The molecule has 1 aromatic heterocycles. The summed E-state index contributed by atoms with van der Waals surface area (Å²) < 4.78 is 12.4. The summed E-state index contributed by atoms with van der Waals surface area (Å²) in [6.45, 7) is 1.37. The predicted molar refractivity (Wildman–Crippen MR) is 41.8 cm³/mol. The van der Waals surface area contributed by atoms with Crippen molar-refractivity contribution in [3.8, 4) is 0 Å². The Morgan fingerprint density at radius 1 is 1.67 bits per heavy atom. The van der Waals surface area contributed by atoms with Gasteiger partial charge in [0.25, 0.3) is 0 Å². The van der Waals surface area contributed by atoms with Crippen molar-refractivity contribution >= 4 is 5.78 Å². The van der Waals surface area contributed by atoms with E-state index in [1.807, 2.05) is 0 Å². The molecule has 1 aromatic rings. The maximum absolute atomic E-state index is 12.4. The fourth-order valence-corrected chi connectivity index (χ4v) is 0.779. The molecule has 4 heteroatoms. The molecule has 0 aliphatic carbocycles. The van der Waals surface area contributed by atoms with E-state index in [0.717, 1.165) is 6.20 Å². The van der Waals surface area contributed by atoms with E-state index >= 15 is 0 Å². The maximum atomic E-state index is 12.4. The Hall–Kier alpha value is -1.29. The van der Waals surface area contributed by atoms with Gasteiger partial charge in [0, 0.05) is 0 Å². The smallest absolute Gasteiger partial charge is 0.152 e. The number of carbonyl (C=O) groups is 1. The van der Waals surface area contributed by atoms with Crippen LogP contribution in [-0.4, -0.2) is 10.8 Å². The number of halogens is 1. The fourth-order valence-electron chi connectivity index (χ4n) is 0.779. The highest BCUT2D eigenvalue weighted by Crippen LogP contribution is 2.07. The van der Waals surface area contributed by atoms with Crippen LogP contribution in [0.3, 0.4) is 0 Å². The Labute approximate surface area is 69.4 Å². The number of carbonyl (C=O) groups excluding carboxylic acids is 1. The number of pyridine rings is 1. The van der Waals surface area contributed by atoms with Gasteiger partial charge in [-0.2, -0.15) is 0 Å². The summed E-state index contributed by atoms with van der Waals surface area (Å²) in [5.74, 6) is -0.622. The van der Waals surface area contributed by atoms with Gasteiger partial charge in [0.05, 0.1) is 11.9 Å². The lowest BCUT2D eigenvalue weighted by molar-refractivity contribution is -0.118. The Balaban J connectivity index is 2.89. The number of rotatable bonds is 2. The molecular weight excluding hydrogens is 159 g/mol. The molecule has 1 atom stereocenters. The van der Waals surface area contributed by atoms with E-state index < -0.39 is 11.9 Å². The molecule has 0 aliphatic rings. The quantitative estimate of drug-likeness (QED) is 0.710. The molecule has 0 bridgehead atoms. The summed E-state index contributed by atoms with van der Waals surface area (Å²) in [7, 11) is 0. The first-order valence-electron chi connectivity index (χ1n) is 3.48. The van der Waals surface area contributed by atoms with Crippen LogP contribution >= 0.6 is 0 Å². The maximum Gasteiger partial charge on any atom is 0.152 e. The second-order valence-corrected chi connectivity index (χ2v) is 2.49. The molecule has 0 fully saturated rings. The first-order chi connectivity index (χ1) is 5.61. The highest BCUT2D eigenvalue weighted by Gasteiger charge is 2.11. The molecule has 0 spiro atoms. The first-order valence-corrected chi connectivity index (χ1v) is 3.48. The largest absolute Gasteiger partial charge is 0.317 e. The minimum absolute atomic E-state index is 0.186. The molecule has 64 valence electrons. The standard InChI is InChI=1S/C8H9FN2O/c1-5(12)8(10)7-3-2-6(9)4-11-7/h2-4,8H,10H2,1H3. The molecule has 2 N–H and O–H groups in total. The van der Waals surface area contributed by atoms with Crippen molar-refractivity contribution in [1.82, 2.24) is 4.98 Å². The average molecular weight is 168 g/mol. The Kier molecular flexibility index (Phi) is 2.50. The van der Waals surface area contributed by atoms with Crippen molar-refractivity contribution in [3.05, 3.63) is 29.8 Å². The topological polar surface area (TPSA) is 56.0 Å². The van der Waals surface area contributed by atoms with Crippen molar-refractivity contribution in [3.63, 3.8) is 0 Å². The van der Waals surface area contributed by atoms with Gasteiger partial charge in [0.2, 0.25) is 0 Å². The van der Waals surface area contributed by atoms with Crippen LogP contribution in [0.25, 0.3) is 0 Å². The molecule has 3 nitrogen and oxygen atoms in total. The SMILES string of the molecule is CC(=O)C(N)c1ccc(F)cn1. The lowest BCUT2D eigenvalue weighted by Gasteiger charge is -2.05. The van der Waals surface area contributed by atoms with Crippen molar-refractivity contribution in [2.45, 2.75) is 13.0 Å². The van der Waals surface area contributed by atoms with E-state index in [2.05, 4.69) is 4.98 Å². The third-order valence-electron chi connectivity index (χ3n) is 1.51. The summed E-state index contributed by atoms with van der Waals surface area (Å²) >= 11 is 0. The van der Waals surface area contributed by atoms with E-state index in [1.165, 1.54) is 19.1 Å². The van der Waals surface area contributed by atoms with Gasteiger partial charge in [0.15, 0.2) is 5.78 Å². The molecule has 0 saturated heterocycles. The van der Waals surface area contributed by atoms with Gasteiger partial charge in [0.1, 0.15) is 11.9 Å². The van der Waals surface area contributed by atoms with Crippen molar-refractivity contribution in [2.24, 2.45) is 5.73 Å². The van der Waals surface area contributed by atoms with Gasteiger partial charge < -0.3 is 5.73 Å². The summed E-state index contributed by atoms with van der Waals surface area (Å²) in [4.78, 5) is 14.4. The average Bonchev–Trinajstić information content (AvgIpc) is 2.04. The van der Waals surface area contributed by atoms with E-state index in [9.17, 15) is 9.18 Å². The third kappa shape index (κ3) is 1.85. The second kappa shape index (κ2) is 3.40. The number of nitrogens with zero attached hydrogens (tertiary/aromatic N) is 1. The molecule has 1 rings (SSSR count). The highest BCUT2D eigenvalue weighted by molar-refractivity contribution is 5.82. The van der Waals surface area contributed by atoms with E-state index in [-0.39, 0.29) is 5.78 Å². The Bertz CT molecular complexity index is 284. The predicted octanol–water partition coefficient (Wildman–Crippen LogP) is 0.809. The third-order valence-corrected chi connectivity index (χ3v) is 1.51. The monoisotopic (exact) mass is 168 g/mol. The normalized spacial score (nSPS) is 12.6. The van der Waals surface area contributed by atoms with Gasteiger partial charge in [-0.05, 0) is 19.1 Å². The van der Waals surface area contributed by atoms with Gasteiger partial charge in [-0.1, -0.05) is 0 Å². The van der Waals surface area contributed by atoms with E-state index in [0.29, 0.717) is 5.69 Å².